The minimum atomic E-state index is -0.192. The first-order valence-electron chi connectivity index (χ1n) is 8.26. The summed E-state index contributed by atoms with van der Waals surface area (Å²) in [5.74, 6) is 1.43. The standard InChI is InChI=1S/C20H28O2/c1-15(13-17-8-6-9-18(14-17)22-3)7-4-5-10-19-16(2)11-12-20(19)21/h4,6-9,14-15,20-21H,5,10-13H2,1-3H3/b7-4+. The zero-order chi connectivity index (χ0) is 15.9. The van der Waals surface area contributed by atoms with E-state index in [1.807, 2.05) is 12.1 Å². The van der Waals surface area contributed by atoms with Crippen molar-refractivity contribution in [3.63, 3.8) is 0 Å². The van der Waals surface area contributed by atoms with Gasteiger partial charge in [-0.25, -0.2) is 0 Å². The van der Waals surface area contributed by atoms with E-state index in [2.05, 4.69) is 38.1 Å². The normalized spacial score (nSPS) is 19.9. The fraction of sp³-hybridized carbons (Fsp3) is 0.500. The van der Waals surface area contributed by atoms with Crippen molar-refractivity contribution in [2.45, 2.75) is 52.1 Å². The van der Waals surface area contributed by atoms with Crippen molar-refractivity contribution in [3.05, 3.63) is 53.1 Å². The van der Waals surface area contributed by atoms with Gasteiger partial charge in [-0.1, -0.05) is 36.8 Å². The highest BCUT2D eigenvalue weighted by Crippen LogP contribution is 2.29. The quantitative estimate of drug-likeness (QED) is 0.741. The summed E-state index contributed by atoms with van der Waals surface area (Å²) < 4.78 is 5.27. The highest BCUT2D eigenvalue weighted by atomic mass is 16.5. The minimum absolute atomic E-state index is 0.192. The van der Waals surface area contributed by atoms with Gasteiger partial charge >= 0.3 is 0 Å². The Hall–Kier alpha value is -1.54. The summed E-state index contributed by atoms with van der Waals surface area (Å²) in [4.78, 5) is 0. The zero-order valence-electron chi connectivity index (χ0n) is 14.0. The first-order chi connectivity index (χ1) is 10.6. The lowest BCUT2D eigenvalue weighted by atomic mass is 9.99. The van der Waals surface area contributed by atoms with E-state index in [9.17, 15) is 5.11 Å². The predicted octanol–water partition coefficient (Wildman–Crippen LogP) is 4.68. The molecule has 0 aliphatic heterocycles. The molecule has 120 valence electrons. The van der Waals surface area contributed by atoms with Crippen LogP contribution in [0.3, 0.4) is 0 Å². The largest absolute Gasteiger partial charge is 0.497 e. The van der Waals surface area contributed by atoms with Gasteiger partial charge in [0.2, 0.25) is 0 Å². The van der Waals surface area contributed by atoms with Crippen molar-refractivity contribution >= 4 is 0 Å². The summed E-state index contributed by atoms with van der Waals surface area (Å²) in [6, 6.07) is 8.28. The second-order valence-electron chi connectivity index (χ2n) is 6.36. The van der Waals surface area contributed by atoms with Crippen LogP contribution < -0.4 is 4.74 Å². The van der Waals surface area contributed by atoms with Crippen molar-refractivity contribution in [1.29, 1.82) is 0 Å². The highest BCUT2D eigenvalue weighted by Gasteiger charge is 2.19. The summed E-state index contributed by atoms with van der Waals surface area (Å²) in [5.41, 5.74) is 3.97. The molecule has 22 heavy (non-hydrogen) atoms. The molecule has 0 saturated carbocycles. The van der Waals surface area contributed by atoms with E-state index in [1.54, 1.807) is 7.11 Å². The summed E-state index contributed by atoms with van der Waals surface area (Å²) in [7, 11) is 1.70. The van der Waals surface area contributed by atoms with E-state index in [0.717, 1.165) is 37.9 Å². The molecule has 2 unspecified atom stereocenters. The third-order valence-electron chi connectivity index (χ3n) is 4.48. The van der Waals surface area contributed by atoms with E-state index in [-0.39, 0.29) is 6.10 Å². The van der Waals surface area contributed by atoms with Crippen LogP contribution in [0.4, 0.5) is 0 Å². The number of rotatable bonds is 7. The van der Waals surface area contributed by atoms with Crippen molar-refractivity contribution in [2.24, 2.45) is 5.92 Å². The Bertz CT molecular complexity index is 542. The minimum Gasteiger partial charge on any atom is -0.497 e. The SMILES string of the molecule is COc1cccc(CC(C)/C=C/CCC2=C(C)CCC2O)c1. The van der Waals surface area contributed by atoms with E-state index >= 15 is 0 Å². The van der Waals surface area contributed by atoms with Crippen LogP contribution >= 0.6 is 0 Å². The Morgan fingerprint density at radius 1 is 1.41 bits per heavy atom. The van der Waals surface area contributed by atoms with E-state index in [4.69, 9.17) is 4.74 Å². The summed E-state index contributed by atoms with van der Waals surface area (Å²) in [6.07, 6.45) is 9.37. The predicted molar refractivity (Wildman–Crippen MR) is 92.2 cm³/mol. The van der Waals surface area contributed by atoms with Crippen LogP contribution in [0.25, 0.3) is 0 Å². The van der Waals surface area contributed by atoms with Gasteiger partial charge in [-0.3, -0.25) is 0 Å². The van der Waals surface area contributed by atoms with Gasteiger partial charge in [0.1, 0.15) is 5.75 Å². The Morgan fingerprint density at radius 2 is 2.23 bits per heavy atom. The highest BCUT2D eigenvalue weighted by molar-refractivity contribution is 5.29. The van der Waals surface area contributed by atoms with Crippen molar-refractivity contribution in [2.75, 3.05) is 7.11 Å². The molecule has 1 aromatic rings. The summed E-state index contributed by atoms with van der Waals surface area (Å²) in [6.45, 7) is 4.39. The molecule has 2 atom stereocenters. The Balaban J connectivity index is 1.79. The molecule has 0 aromatic heterocycles. The molecule has 0 heterocycles. The zero-order valence-corrected chi connectivity index (χ0v) is 14.0. The Kier molecular flexibility index (Phi) is 6.26. The number of aliphatic hydroxyl groups is 1. The molecule has 1 aromatic carbocycles. The third kappa shape index (κ3) is 4.74. The molecule has 1 aliphatic rings. The van der Waals surface area contributed by atoms with Crippen molar-refractivity contribution < 1.29 is 9.84 Å². The molecule has 0 fully saturated rings. The van der Waals surface area contributed by atoms with E-state index < -0.39 is 0 Å². The van der Waals surface area contributed by atoms with Gasteiger partial charge in [-0.05, 0) is 68.2 Å². The number of methoxy groups -OCH3 is 1. The van der Waals surface area contributed by atoms with Crippen LogP contribution in [-0.2, 0) is 6.42 Å². The average Bonchev–Trinajstić information content (AvgIpc) is 2.83. The molecule has 1 aliphatic carbocycles. The molecule has 0 radical (unpaired) electrons. The Morgan fingerprint density at radius 3 is 2.91 bits per heavy atom. The summed E-state index contributed by atoms with van der Waals surface area (Å²) >= 11 is 0. The monoisotopic (exact) mass is 300 g/mol. The van der Waals surface area contributed by atoms with Crippen LogP contribution in [0.15, 0.2) is 47.6 Å². The van der Waals surface area contributed by atoms with Crippen LogP contribution in [-0.4, -0.2) is 18.3 Å². The number of hydrogen-bond donors (Lipinski definition) is 1. The van der Waals surface area contributed by atoms with Crippen LogP contribution in [0.1, 0.15) is 45.1 Å². The maximum Gasteiger partial charge on any atom is 0.119 e. The first-order valence-corrected chi connectivity index (χ1v) is 8.26. The van der Waals surface area contributed by atoms with Gasteiger partial charge in [-0.15, -0.1) is 0 Å². The first kappa shape index (κ1) is 16.8. The van der Waals surface area contributed by atoms with Crippen LogP contribution in [0.2, 0.25) is 0 Å². The molecule has 2 rings (SSSR count). The molecule has 0 saturated heterocycles. The van der Waals surface area contributed by atoms with Crippen LogP contribution in [0.5, 0.6) is 5.75 Å². The maximum atomic E-state index is 9.92. The molecular formula is C20H28O2. The summed E-state index contributed by atoms with van der Waals surface area (Å²) in [5, 5.41) is 9.92. The fourth-order valence-electron chi connectivity index (χ4n) is 3.16. The molecule has 0 amide bonds. The van der Waals surface area contributed by atoms with Gasteiger partial charge in [0.05, 0.1) is 13.2 Å². The lowest BCUT2D eigenvalue weighted by Crippen LogP contribution is -2.04. The fourth-order valence-corrected chi connectivity index (χ4v) is 3.16. The topological polar surface area (TPSA) is 29.5 Å². The molecule has 1 N–H and O–H groups in total. The number of ether oxygens (including phenoxy) is 1. The second-order valence-corrected chi connectivity index (χ2v) is 6.36. The third-order valence-corrected chi connectivity index (χ3v) is 4.48. The lowest BCUT2D eigenvalue weighted by molar-refractivity contribution is 0.208. The molecule has 2 nitrogen and oxygen atoms in total. The van der Waals surface area contributed by atoms with E-state index in [0.29, 0.717) is 5.92 Å². The molecule has 0 spiro atoms. The lowest BCUT2D eigenvalue weighted by Gasteiger charge is -2.09. The van der Waals surface area contributed by atoms with Crippen molar-refractivity contribution in [3.8, 4) is 5.75 Å². The van der Waals surface area contributed by atoms with Crippen LogP contribution in [0, 0.1) is 5.92 Å². The van der Waals surface area contributed by atoms with Gasteiger partial charge in [0, 0.05) is 0 Å². The van der Waals surface area contributed by atoms with Gasteiger partial charge in [0.15, 0.2) is 0 Å². The number of benzene rings is 1. The second kappa shape index (κ2) is 8.19. The smallest absolute Gasteiger partial charge is 0.119 e. The van der Waals surface area contributed by atoms with Gasteiger partial charge < -0.3 is 9.84 Å². The molecular weight excluding hydrogens is 272 g/mol. The Labute approximate surface area is 134 Å². The van der Waals surface area contributed by atoms with Crippen molar-refractivity contribution in [1.82, 2.24) is 0 Å². The number of hydrogen-bond acceptors (Lipinski definition) is 2. The molecule has 2 heteroatoms. The number of allylic oxidation sites excluding steroid dienone is 3. The average molecular weight is 300 g/mol. The maximum absolute atomic E-state index is 9.92. The van der Waals surface area contributed by atoms with Gasteiger partial charge in [-0.2, -0.15) is 0 Å². The molecule has 0 bridgehead atoms. The van der Waals surface area contributed by atoms with Gasteiger partial charge in [0.25, 0.3) is 0 Å². The van der Waals surface area contributed by atoms with E-state index in [1.165, 1.54) is 16.7 Å². The number of aliphatic hydroxyl groups excluding tert-OH is 1.